The molecule has 108 valence electrons. The first kappa shape index (κ1) is 15.2. The maximum atomic E-state index is 9.75. The van der Waals surface area contributed by atoms with Crippen molar-refractivity contribution in [3.05, 3.63) is 30.3 Å². The molecular weight excluding hydrogens is 319 g/mol. The minimum atomic E-state index is -4.97. The Balaban J connectivity index is 2.38. The molecule has 0 aliphatic carbocycles. The van der Waals surface area contributed by atoms with Gasteiger partial charge >= 0.3 is 108 Å². The van der Waals surface area contributed by atoms with Crippen LogP contribution in [0.5, 0.6) is 5.75 Å². The Bertz CT molecular complexity index is 508. The molecule has 0 aromatic heterocycles. The van der Waals surface area contributed by atoms with E-state index in [1.807, 2.05) is 0 Å². The summed E-state index contributed by atoms with van der Waals surface area (Å²) in [5.41, 5.74) is 0. The summed E-state index contributed by atoms with van der Waals surface area (Å²) in [4.78, 5) is 53.0. The van der Waals surface area contributed by atoms with Crippen molar-refractivity contribution in [2.24, 2.45) is 4.52 Å². The summed E-state index contributed by atoms with van der Waals surface area (Å²) in [5.74, 6) is 0.0720. The average molecular weight is 331 g/mol. The summed E-state index contributed by atoms with van der Waals surface area (Å²) in [7, 11) is -12.2. The fourth-order valence-corrected chi connectivity index (χ4v) is 7.12. The van der Waals surface area contributed by atoms with E-state index in [1.54, 1.807) is 18.2 Å². The molecule has 0 saturated carbocycles. The summed E-state index contributed by atoms with van der Waals surface area (Å²) < 4.78 is 2.94. The Labute approximate surface area is 109 Å². The van der Waals surface area contributed by atoms with Gasteiger partial charge in [-0.2, -0.15) is 0 Å². The number of rotatable bonds is 2. The van der Waals surface area contributed by atoms with Crippen LogP contribution in [0, 0.1) is 0 Å². The van der Waals surface area contributed by atoms with Gasteiger partial charge in [0.1, 0.15) is 0 Å². The molecule has 10 nitrogen and oxygen atoms in total. The van der Waals surface area contributed by atoms with E-state index in [0.717, 1.165) is 0 Å². The molecule has 0 saturated heterocycles. The summed E-state index contributed by atoms with van der Waals surface area (Å²) in [6.45, 7) is 0. The van der Waals surface area contributed by atoms with Gasteiger partial charge in [0, 0.05) is 0 Å². The van der Waals surface area contributed by atoms with Crippen LogP contribution in [0.25, 0.3) is 0 Å². The molecule has 1 aromatic carbocycles. The molecule has 6 N–H and O–H groups in total. The summed E-state index contributed by atoms with van der Waals surface area (Å²) in [6, 6.07) is 7.64. The molecule has 0 amide bonds. The summed E-state index contributed by atoms with van der Waals surface area (Å²) >= 11 is 0. The molecule has 0 bridgehead atoms. The molecular formula is C6H12N3O7P3. The number of hydrogen-bond acceptors (Lipinski definition) is 8. The van der Waals surface area contributed by atoms with Crippen LogP contribution in [0.3, 0.4) is 0 Å². The van der Waals surface area contributed by atoms with Crippen molar-refractivity contribution in [3.63, 3.8) is 0 Å². The van der Waals surface area contributed by atoms with Crippen molar-refractivity contribution in [3.8, 4) is 5.75 Å². The molecule has 1 atom stereocenters. The third-order valence-electron chi connectivity index (χ3n) is 2.07. The third kappa shape index (κ3) is 2.95. The van der Waals surface area contributed by atoms with Gasteiger partial charge in [0.25, 0.3) is 0 Å². The van der Waals surface area contributed by atoms with Crippen LogP contribution >= 0.6 is 24.1 Å². The Hall–Kier alpha value is -0.210. The Morgan fingerprint density at radius 2 is 1.79 bits per heavy atom. The van der Waals surface area contributed by atoms with Crippen molar-refractivity contribution in [1.82, 2.24) is 9.21 Å². The molecule has 0 fully saturated rings. The van der Waals surface area contributed by atoms with Crippen molar-refractivity contribution in [2.75, 3.05) is 0 Å². The van der Waals surface area contributed by atoms with Crippen molar-refractivity contribution >= 4 is 24.1 Å². The molecule has 19 heavy (non-hydrogen) atoms. The second-order valence-corrected chi connectivity index (χ2v) is 9.31. The van der Waals surface area contributed by atoms with Gasteiger partial charge in [-0.25, -0.2) is 0 Å². The zero-order valence-corrected chi connectivity index (χ0v) is 12.0. The predicted molar refractivity (Wildman–Crippen MR) is 68.2 cm³/mol. The van der Waals surface area contributed by atoms with Crippen LogP contribution in [0.4, 0.5) is 0 Å². The van der Waals surface area contributed by atoms with E-state index in [4.69, 9.17) is 4.84 Å². The quantitative estimate of drug-likeness (QED) is 0.427. The first-order chi connectivity index (χ1) is 8.75. The molecule has 1 aromatic rings. The summed E-state index contributed by atoms with van der Waals surface area (Å²) in [5, 5.41) is 9.34. The van der Waals surface area contributed by atoms with Gasteiger partial charge < -0.3 is 0 Å². The van der Waals surface area contributed by atoms with Crippen LogP contribution in [-0.4, -0.2) is 38.9 Å². The fraction of sp³-hybridized carbons (Fsp3) is 0. The van der Waals surface area contributed by atoms with E-state index in [9.17, 15) is 29.7 Å². The molecule has 1 unspecified atom stereocenters. The van der Waals surface area contributed by atoms with Gasteiger partial charge in [-0.05, 0) is 0 Å². The van der Waals surface area contributed by atoms with Crippen molar-refractivity contribution < 1.29 is 34.5 Å². The van der Waals surface area contributed by atoms with Gasteiger partial charge in [-0.1, -0.05) is 0 Å². The van der Waals surface area contributed by atoms with Crippen LogP contribution in [0.1, 0.15) is 0 Å². The number of nitrogens with zero attached hydrogens (tertiary/aromatic N) is 3. The normalized spacial score (nSPS) is 28.4. The Morgan fingerprint density at radius 1 is 1.21 bits per heavy atom. The van der Waals surface area contributed by atoms with Gasteiger partial charge in [-0.15, -0.1) is 0 Å². The molecule has 1 aliphatic heterocycles. The molecule has 2 rings (SSSR count). The van der Waals surface area contributed by atoms with Crippen molar-refractivity contribution in [2.45, 2.75) is 0 Å². The zero-order chi connectivity index (χ0) is 14.3. The van der Waals surface area contributed by atoms with Crippen LogP contribution < -0.4 is 4.84 Å². The maximum absolute atomic E-state index is 9.75. The Morgan fingerprint density at radius 3 is 2.37 bits per heavy atom. The zero-order valence-electron chi connectivity index (χ0n) is 9.21. The number of hydrogen-bond donors (Lipinski definition) is 6. The van der Waals surface area contributed by atoms with Gasteiger partial charge in [0.05, 0.1) is 0 Å². The molecule has 13 heteroatoms. The van der Waals surface area contributed by atoms with E-state index in [2.05, 4.69) is 4.52 Å². The van der Waals surface area contributed by atoms with Gasteiger partial charge in [-0.3, -0.25) is 0 Å². The predicted octanol–water partition coefficient (Wildman–Crippen LogP) is 0.532. The van der Waals surface area contributed by atoms with E-state index >= 15 is 0 Å². The molecule has 0 spiro atoms. The standard InChI is InChI=1S/C6H12N3O7P3/c10-8-17(11)7-18(12,13)9(19(8,14)15)16-6-4-2-1-3-5-6/h1-5,10-15,19H. The number of para-hydroxylation sites is 1. The van der Waals surface area contributed by atoms with E-state index in [1.165, 1.54) is 12.1 Å². The van der Waals surface area contributed by atoms with Gasteiger partial charge in [0.15, 0.2) is 0 Å². The monoisotopic (exact) mass is 331 g/mol. The topological polar surface area (TPSA) is 149 Å². The third-order valence-corrected chi connectivity index (χ3v) is 8.67. The van der Waals surface area contributed by atoms with E-state index in [0.29, 0.717) is 0 Å². The first-order valence-corrected chi connectivity index (χ1v) is 9.38. The van der Waals surface area contributed by atoms with Crippen LogP contribution in [0.15, 0.2) is 34.8 Å². The van der Waals surface area contributed by atoms with E-state index < -0.39 is 24.1 Å². The minimum absolute atomic E-state index is 0.0460. The first-order valence-electron chi connectivity index (χ1n) is 4.79. The van der Waals surface area contributed by atoms with E-state index in [-0.39, 0.29) is 15.0 Å². The second-order valence-electron chi connectivity index (χ2n) is 3.46. The van der Waals surface area contributed by atoms with Crippen LogP contribution in [-0.2, 0) is 0 Å². The number of benzene rings is 1. The average Bonchev–Trinajstić information content (AvgIpc) is 2.34. The fourth-order valence-electron chi connectivity index (χ4n) is 1.26. The van der Waals surface area contributed by atoms with Gasteiger partial charge in [0.2, 0.25) is 0 Å². The molecule has 0 radical (unpaired) electrons. The summed E-state index contributed by atoms with van der Waals surface area (Å²) in [6.07, 6.45) is 0. The SMILES string of the molecule is ON1P(O)N=P(O)(O)N(Oc2ccccc2)[PH]1(O)O. The Kier molecular flexibility index (Phi) is 4.23. The second kappa shape index (κ2) is 5.29. The molecule has 1 aliphatic rings. The molecule has 1 heterocycles. The van der Waals surface area contributed by atoms with Crippen LogP contribution in [0.2, 0.25) is 0 Å². The van der Waals surface area contributed by atoms with Crippen molar-refractivity contribution in [1.29, 1.82) is 0 Å².